The van der Waals surface area contributed by atoms with E-state index in [0.717, 1.165) is 46.2 Å². The summed E-state index contributed by atoms with van der Waals surface area (Å²) in [5.41, 5.74) is 6.72. The third-order valence-electron chi connectivity index (χ3n) is 5.05. The second-order valence-electron chi connectivity index (χ2n) is 7.48. The quantitative estimate of drug-likeness (QED) is 0.362. The van der Waals surface area contributed by atoms with E-state index in [1.54, 1.807) is 11.3 Å². The molecular formula is C26H25N3OS. The van der Waals surface area contributed by atoms with Gasteiger partial charge in [0.15, 0.2) is 0 Å². The first kappa shape index (κ1) is 20.8. The number of aromatic nitrogens is 1. The zero-order valence-corrected chi connectivity index (χ0v) is 18.5. The summed E-state index contributed by atoms with van der Waals surface area (Å²) in [5, 5.41) is 9.62. The molecule has 4 rings (SSSR count). The second kappa shape index (κ2) is 9.58. The summed E-state index contributed by atoms with van der Waals surface area (Å²) in [4.78, 5) is 17.4. The van der Waals surface area contributed by atoms with Crippen molar-refractivity contribution in [1.29, 1.82) is 0 Å². The van der Waals surface area contributed by atoms with Crippen LogP contribution in [0.3, 0.4) is 0 Å². The highest BCUT2D eigenvalue weighted by molar-refractivity contribution is 7.09. The largest absolute Gasteiger partial charge is 0.385 e. The molecule has 4 nitrogen and oxygen atoms in total. The zero-order chi connectivity index (χ0) is 21.6. The Morgan fingerprint density at radius 1 is 0.903 bits per heavy atom. The lowest BCUT2D eigenvalue weighted by Crippen LogP contribution is -2.13. The van der Waals surface area contributed by atoms with Crippen LogP contribution in [-0.4, -0.2) is 17.4 Å². The standard InChI is InChI=1S/C26H25N3OS/c1-18-7-9-20(10-8-18)24-5-3-4-6-25(24)26(30)29-22-13-11-21(12-14-22)27-16-15-23-17-31-19(2)28-23/h3-14,17,27H,15-16H2,1-2H3,(H,29,30). The topological polar surface area (TPSA) is 54.0 Å². The predicted molar refractivity (Wildman–Crippen MR) is 130 cm³/mol. The molecule has 1 aromatic heterocycles. The summed E-state index contributed by atoms with van der Waals surface area (Å²) < 4.78 is 0. The number of thiazole rings is 1. The van der Waals surface area contributed by atoms with Crippen molar-refractivity contribution in [2.24, 2.45) is 0 Å². The second-order valence-corrected chi connectivity index (χ2v) is 8.54. The Kier molecular flexibility index (Phi) is 6.43. The van der Waals surface area contributed by atoms with Crippen molar-refractivity contribution in [3.05, 3.63) is 100 Å². The van der Waals surface area contributed by atoms with Crippen LogP contribution in [0.2, 0.25) is 0 Å². The maximum absolute atomic E-state index is 13.0. The molecule has 3 aromatic carbocycles. The minimum Gasteiger partial charge on any atom is -0.385 e. The average Bonchev–Trinajstić information content (AvgIpc) is 3.20. The van der Waals surface area contributed by atoms with Gasteiger partial charge in [0.2, 0.25) is 0 Å². The molecule has 5 heteroatoms. The number of hydrogen-bond acceptors (Lipinski definition) is 4. The molecule has 0 unspecified atom stereocenters. The zero-order valence-electron chi connectivity index (χ0n) is 17.7. The highest BCUT2D eigenvalue weighted by Gasteiger charge is 2.12. The van der Waals surface area contributed by atoms with E-state index in [-0.39, 0.29) is 5.91 Å². The van der Waals surface area contributed by atoms with Gasteiger partial charge < -0.3 is 10.6 Å². The summed E-state index contributed by atoms with van der Waals surface area (Å²) in [5.74, 6) is -0.115. The Hall–Kier alpha value is -3.44. The summed E-state index contributed by atoms with van der Waals surface area (Å²) in [6.45, 7) is 4.90. The lowest BCUT2D eigenvalue weighted by Gasteiger charge is -2.12. The number of anilines is 2. The van der Waals surface area contributed by atoms with Crippen molar-refractivity contribution in [3.8, 4) is 11.1 Å². The lowest BCUT2D eigenvalue weighted by atomic mass is 9.98. The molecule has 156 valence electrons. The Balaban J connectivity index is 1.39. The first-order chi connectivity index (χ1) is 15.1. The fourth-order valence-electron chi connectivity index (χ4n) is 3.39. The molecular weight excluding hydrogens is 402 g/mol. The molecule has 1 heterocycles. The summed E-state index contributed by atoms with van der Waals surface area (Å²) >= 11 is 1.68. The minimum atomic E-state index is -0.115. The van der Waals surface area contributed by atoms with Crippen LogP contribution < -0.4 is 10.6 Å². The molecule has 0 aliphatic carbocycles. The maximum atomic E-state index is 13.0. The van der Waals surface area contributed by atoms with Gasteiger partial charge in [0.1, 0.15) is 0 Å². The number of hydrogen-bond donors (Lipinski definition) is 2. The molecule has 2 N–H and O–H groups in total. The van der Waals surface area contributed by atoms with Gasteiger partial charge in [0, 0.05) is 35.3 Å². The molecule has 0 bridgehead atoms. The van der Waals surface area contributed by atoms with Crippen LogP contribution in [0.1, 0.15) is 26.6 Å². The van der Waals surface area contributed by atoms with Gasteiger partial charge in [-0.05, 0) is 55.3 Å². The molecule has 0 atom stereocenters. The Morgan fingerprint density at radius 3 is 2.32 bits per heavy atom. The molecule has 0 fully saturated rings. The fourth-order valence-corrected chi connectivity index (χ4v) is 4.04. The summed E-state index contributed by atoms with van der Waals surface area (Å²) in [6.07, 6.45) is 0.888. The van der Waals surface area contributed by atoms with E-state index in [4.69, 9.17) is 0 Å². The maximum Gasteiger partial charge on any atom is 0.256 e. The highest BCUT2D eigenvalue weighted by Crippen LogP contribution is 2.25. The van der Waals surface area contributed by atoms with Gasteiger partial charge in [-0.3, -0.25) is 4.79 Å². The SMILES string of the molecule is Cc1ccc(-c2ccccc2C(=O)Nc2ccc(NCCc3csc(C)n3)cc2)cc1. The predicted octanol–water partition coefficient (Wildman–Crippen LogP) is 6.33. The van der Waals surface area contributed by atoms with E-state index in [2.05, 4.69) is 52.2 Å². The molecule has 0 saturated carbocycles. The van der Waals surface area contributed by atoms with Crippen LogP contribution >= 0.6 is 11.3 Å². The number of carbonyl (C=O) groups is 1. The van der Waals surface area contributed by atoms with Gasteiger partial charge in [-0.15, -0.1) is 11.3 Å². The number of amides is 1. The van der Waals surface area contributed by atoms with Crippen molar-refractivity contribution >= 4 is 28.6 Å². The van der Waals surface area contributed by atoms with E-state index < -0.39 is 0 Å². The van der Waals surface area contributed by atoms with Crippen LogP contribution in [0.25, 0.3) is 11.1 Å². The first-order valence-corrected chi connectivity index (χ1v) is 11.2. The molecule has 0 radical (unpaired) electrons. The molecule has 0 aliphatic heterocycles. The van der Waals surface area contributed by atoms with Crippen LogP contribution in [0, 0.1) is 13.8 Å². The number of nitrogens with one attached hydrogen (secondary N) is 2. The van der Waals surface area contributed by atoms with Gasteiger partial charge in [-0.1, -0.05) is 48.0 Å². The van der Waals surface area contributed by atoms with E-state index in [9.17, 15) is 4.79 Å². The highest BCUT2D eigenvalue weighted by atomic mass is 32.1. The van der Waals surface area contributed by atoms with Gasteiger partial charge >= 0.3 is 0 Å². The van der Waals surface area contributed by atoms with Gasteiger partial charge in [0.05, 0.1) is 10.7 Å². The normalized spacial score (nSPS) is 10.6. The number of rotatable bonds is 7. The average molecular weight is 428 g/mol. The smallest absolute Gasteiger partial charge is 0.256 e. The monoisotopic (exact) mass is 427 g/mol. The van der Waals surface area contributed by atoms with E-state index in [1.807, 2.05) is 55.5 Å². The van der Waals surface area contributed by atoms with Crippen molar-refractivity contribution in [3.63, 3.8) is 0 Å². The van der Waals surface area contributed by atoms with Crippen molar-refractivity contribution < 1.29 is 4.79 Å². The van der Waals surface area contributed by atoms with Crippen molar-refractivity contribution in [2.75, 3.05) is 17.2 Å². The van der Waals surface area contributed by atoms with Crippen LogP contribution in [-0.2, 0) is 6.42 Å². The minimum absolute atomic E-state index is 0.115. The van der Waals surface area contributed by atoms with E-state index >= 15 is 0 Å². The molecule has 0 aliphatic rings. The Morgan fingerprint density at radius 2 is 1.61 bits per heavy atom. The number of benzene rings is 3. The van der Waals surface area contributed by atoms with Crippen molar-refractivity contribution in [2.45, 2.75) is 20.3 Å². The fraction of sp³-hybridized carbons (Fsp3) is 0.154. The van der Waals surface area contributed by atoms with E-state index in [1.165, 1.54) is 5.56 Å². The van der Waals surface area contributed by atoms with E-state index in [0.29, 0.717) is 5.56 Å². The number of carbonyl (C=O) groups excluding carboxylic acids is 1. The van der Waals surface area contributed by atoms with Crippen LogP contribution in [0.4, 0.5) is 11.4 Å². The summed E-state index contributed by atoms with van der Waals surface area (Å²) in [7, 11) is 0. The first-order valence-electron chi connectivity index (χ1n) is 10.3. The molecule has 0 spiro atoms. The molecule has 0 saturated heterocycles. The third-order valence-corrected chi connectivity index (χ3v) is 5.88. The number of aryl methyl sites for hydroxylation is 2. The Bertz CT molecular complexity index is 1160. The van der Waals surface area contributed by atoms with Gasteiger partial charge in [-0.25, -0.2) is 4.98 Å². The third kappa shape index (κ3) is 5.38. The number of nitrogens with zero attached hydrogens (tertiary/aromatic N) is 1. The van der Waals surface area contributed by atoms with Crippen LogP contribution in [0.5, 0.6) is 0 Å². The van der Waals surface area contributed by atoms with Gasteiger partial charge in [-0.2, -0.15) is 0 Å². The van der Waals surface area contributed by atoms with Crippen LogP contribution in [0.15, 0.2) is 78.2 Å². The lowest BCUT2D eigenvalue weighted by molar-refractivity contribution is 0.102. The molecule has 4 aromatic rings. The molecule has 1 amide bonds. The molecule has 31 heavy (non-hydrogen) atoms. The van der Waals surface area contributed by atoms with Gasteiger partial charge in [0.25, 0.3) is 5.91 Å². The Labute approximate surface area is 187 Å². The van der Waals surface area contributed by atoms with Crippen molar-refractivity contribution in [1.82, 2.24) is 4.98 Å². The summed E-state index contributed by atoms with van der Waals surface area (Å²) in [6, 6.07) is 23.7.